The quantitative estimate of drug-likeness (QED) is 0.697. The van der Waals surface area contributed by atoms with Crippen LogP contribution in [0, 0.1) is 0 Å². The maximum Gasteiger partial charge on any atom is 0.220 e. The van der Waals surface area contributed by atoms with Crippen LogP contribution in [0.3, 0.4) is 0 Å². The SMILES string of the molecule is CC(C)(O)c1ccc(CNC(=O)CCCOc2ccccc2Cl)cc1. The van der Waals surface area contributed by atoms with E-state index in [2.05, 4.69) is 5.32 Å². The number of para-hydroxylation sites is 1. The summed E-state index contributed by atoms with van der Waals surface area (Å²) in [4.78, 5) is 11.9. The molecule has 25 heavy (non-hydrogen) atoms. The number of aliphatic hydroxyl groups is 1. The summed E-state index contributed by atoms with van der Waals surface area (Å²) in [6, 6.07) is 14.8. The fourth-order valence-corrected chi connectivity index (χ4v) is 2.49. The van der Waals surface area contributed by atoms with Crippen LogP contribution in [0.15, 0.2) is 48.5 Å². The summed E-state index contributed by atoms with van der Waals surface area (Å²) in [6.07, 6.45) is 1.01. The molecule has 0 bridgehead atoms. The van der Waals surface area contributed by atoms with Gasteiger partial charge in [-0.3, -0.25) is 4.79 Å². The number of amides is 1. The Morgan fingerprint density at radius 3 is 2.48 bits per heavy atom. The second kappa shape index (κ2) is 8.88. The molecular weight excluding hydrogens is 338 g/mol. The van der Waals surface area contributed by atoms with Crippen LogP contribution in [-0.4, -0.2) is 17.6 Å². The number of carbonyl (C=O) groups excluding carboxylic acids is 1. The Labute approximate surface area is 153 Å². The summed E-state index contributed by atoms with van der Waals surface area (Å²) in [5, 5.41) is 13.4. The maximum absolute atomic E-state index is 11.9. The maximum atomic E-state index is 11.9. The average Bonchev–Trinajstić information content (AvgIpc) is 2.58. The van der Waals surface area contributed by atoms with E-state index in [-0.39, 0.29) is 5.91 Å². The topological polar surface area (TPSA) is 58.6 Å². The first-order chi connectivity index (χ1) is 11.9. The van der Waals surface area contributed by atoms with E-state index in [1.54, 1.807) is 26.0 Å². The average molecular weight is 362 g/mol. The summed E-state index contributed by atoms with van der Waals surface area (Å²) in [7, 11) is 0. The van der Waals surface area contributed by atoms with E-state index < -0.39 is 5.60 Å². The van der Waals surface area contributed by atoms with Crippen LogP contribution in [0.25, 0.3) is 0 Å². The first-order valence-electron chi connectivity index (χ1n) is 8.32. The highest BCUT2D eigenvalue weighted by molar-refractivity contribution is 6.32. The van der Waals surface area contributed by atoms with Gasteiger partial charge in [0.05, 0.1) is 17.2 Å². The van der Waals surface area contributed by atoms with Gasteiger partial charge in [0.2, 0.25) is 5.91 Å². The smallest absolute Gasteiger partial charge is 0.220 e. The Kier molecular flexibility index (Phi) is 6.85. The van der Waals surface area contributed by atoms with Gasteiger partial charge in [0, 0.05) is 13.0 Å². The molecule has 0 saturated carbocycles. The number of benzene rings is 2. The molecule has 5 heteroatoms. The molecule has 0 unspecified atom stereocenters. The van der Waals surface area contributed by atoms with Crippen LogP contribution in [0.1, 0.15) is 37.8 Å². The van der Waals surface area contributed by atoms with E-state index in [0.29, 0.717) is 36.8 Å². The third kappa shape index (κ3) is 6.40. The van der Waals surface area contributed by atoms with E-state index >= 15 is 0 Å². The van der Waals surface area contributed by atoms with Crippen molar-refractivity contribution in [2.45, 2.75) is 38.8 Å². The number of carbonyl (C=O) groups is 1. The van der Waals surface area contributed by atoms with Gasteiger partial charge in [0.15, 0.2) is 0 Å². The molecule has 1 amide bonds. The Morgan fingerprint density at radius 1 is 1.16 bits per heavy atom. The number of ether oxygens (including phenoxy) is 1. The lowest BCUT2D eigenvalue weighted by molar-refractivity contribution is -0.121. The Morgan fingerprint density at radius 2 is 1.84 bits per heavy atom. The Bertz CT molecular complexity index is 693. The van der Waals surface area contributed by atoms with Gasteiger partial charge in [-0.15, -0.1) is 0 Å². The van der Waals surface area contributed by atoms with Gasteiger partial charge in [-0.05, 0) is 43.5 Å². The standard InChI is InChI=1S/C20H24ClNO3/c1-20(2,24)16-11-9-15(10-12-16)14-22-19(23)8-5-13-25-18-7-4-3-6-17(18)21/h3-4,6-7,9-12,24H,5,8,13-14H2,1-2H3,(H,22,23). The predicted octanol–water partition coefficient (Wildman–Crippen LogP) is 4.04. The minimum absolute atomic E-state index is 0.0191. The Balaban J connectivity index is 1.68. The Hall–Kier alpha value is -2.04. The van der Waals surface area contributed by atoms with Crippen molar-refractivity contribution in [3.63, 3.8) is 0 Å². The van der Waals surface area contributed by atoms with Crippen LogP contribution in [-0.2, 0) is 16.9 Å². The van der Waals surface area contributed by atoms with E-state index in [0.717, 1.165) is 11.1 Å². The lowest BCUT2D eigenvalue weighted by Crippen LogP contribution is -2.23. The molecular formula is C20H24ClNO3. The second-order valence-electron chi connectivity index (χ2n) is 6.42. The fourth-order valence-electron chi connectivity index (χ4n) is 2.30. The zero-order valence-corrected chi connectivity index (χ0v) is 15.3. The molecule has 0 aromatic heterocycles. The van der Waals surface area contributed by atoms with Crippen molar-refractivity contribution >= 4 is 17.5 Å². The number of hydrogen-bond acceptors (Lipinski definition) is 3. The summed E-state index contributed by atoms with van der Waals surface area (Å²) < 4.78 is 5.56. The lowest BCUT2D eigenvalue weighted by atomic mass is 9.97. The molecule has 4 nitrogen and oxygen atoms in total. The van der Waals surface area contributed by atoms with Gasteiger partial charge in [-0.1, -0.05) is 48.0 Å². The first-order valence-corrected chi connectivity index (χ1v) is 8.70. The van der Waals surface area contributed by atoms with Gasteiger partial charge in [-0.25, -0.2) is 0 Å². The molecule has 0 atom stereocenters. The molecule has 0 radical (unpaired) electrons. The third-order valence-electron chi connectivity index (χ3n) is 3.79. The molecule has 2 aromatic carbocycles. The van der Waals surface area contributed by atoms with Gasteiger partial charge >= 0.3 is 0 Å². The van der Waals surface area contributed by atoms with Crippen molar-refractivity contribution in [1.82, 2.24) is 5.32 Å². The zero-order chi connectivity index (χ0) is 18.3. The third-order valence-corrected chi connectivity index (χ3v) is 4.10. The molecule has 2 N–H and O–H groups in total. The summed E-state index contributed by atoms with van der Waals surface area (Å²) >= 11 is 6.00. The fraction of sp³-hybridized carbons (Fsp3) is 0.350. The van der Waals surface area contributed by atoms with Crippen molar-refractivity contribution in [2.24, 2.45) is 0 Å². The highest BCUT2D eigenvalue weighted by Crippen LogP contribution is 2.23. The van der Waals surface area contributed by atoms with Crippen molar-refractivity contribution < 1.29 is 14.6 Å². The van der Waals surface area contributed by atoms with Crippen molar-refractivity contribution in [3.8, 4) is 5.75 Å². The number of nitrogens with one attached hydrogen (secondary N) is 1. The molecule has 0 aliphatic rings. The van der Waals surface area contributed by atoms with Gasteiger partial charge in [-0.2, -0.15) is 0 Å². The summed E-state index contributed by atoms with van der Waals surface area (Å²) in [5.41, 5.74) is 0.983. The van der Waals surface area contributed by atoms with E-state index in [9.17, 15) is 9.90 Å². The largest absolute Gasteiger partial charge is 0.492 e. The van der Waals surface area contributed by atoms with E-state index in [4.69, 9.17) is 16.3 Å². The highest BCUT2D eigenvalue weighted by Gasteiger charge is 2.15. The van der Waals surface area contributed by atoms with Crippen LogP contribution < -0.4 is 10.1 Å². The highest BCUT2D eigenvalue weighted by atomic mass is 35.5. The molecule has 0 spiro atoms. The van der Waals surface area contributed by atoms with E-state index in [1.807, 2.05) is 36.4 Å². The monoisotopic (exact) mass is 361 g/mol. The van der Waals surface area contributed by atoms with Gasteiger partial charge in [0.25, 0.3) is 0 Å². The molecule has 0 fully saturated rings. The molecule has 134 valence electrons. The number of halogens is 1. The lowest BCUT2D eigenvalue weighted by Gasteiger charge is -2.18. The zero-order valence-electron chi connectivity index (χ0n) is 14.6. The minimum atomic E-state index is -0.858. The van der Waals surface area contributed by atoms with Crippen LogP contribution in [0.4, 0.5) is 0 Å². The van der Waals surface area contributed by atoms with Crippen molar-refractivity contribution in [3.05, 3.63) is 64.7 Å². The van der Waals surface area contributed by atoms with Crippen LogP contribution >= 0.6 is 11.6 Å². The summed E-state index contributed by atoms with van der Waals surface area (Å²) in [6.45, 7) is 4.40. The first kappa shape index (κ1) is 19.3. The molecule has 2 aromatic rings. The molecule has 0 heterocycles. The van der Waals surface area contributed by atoms with Crippen LogP contribution in [0.2, 0.25) is 5.02 Å². The van der Waals surface area contributed by atoms with Gasteiger partial charge in [0.1, 0.15) is 5.75 Å². The molecule has 0 saturated heterocycles. The van der Waals surface area contributed by atoms with Crippen LogP contribution in [0.5, 0.6) is 5.75 Å². The molecule has 0 aliphatic heterocycles. The number of rotatable bonds is 8. The predicted molar refractivity (Wildman–Crippen MR) is 99.7 cm³/mol. The number of hydrogen-bond donors (Lipinski definition) is 2. The normalized spacial score (nSPS) is 11.2. The van der Waals surface area contributed by atoms with E-state index in [1.165, 1.54) is 0 Å². The molecule has 0 aliphatic carbocycles. The molecule has 2 rings (SSSR count). The minimum Gasteiger partial charge on any atom is -0.492 e. The van der Waals surface area contributed by atoms with Gasteiger partial charge < -0.3 is 15.2 Å². The second-order valence-corrected chi connectivity index (χ2v) is 6.82. The van der Waals surface area contributed by atoms with Crippen molar-refractivity contribution in [1.29, 1.82) is 0 Å². The summed E-state index contributed by atoms with van der Waals surface area (Å²) in [5.74, 6) is 0.616. The van der Waals surface area contributed by atoms with Crippen molar-refractivity contribution in [2.75, 3.05) is 6.61 Å².